The third-order valence-corrected chi connectivity index (χ3v) is 4.76. The van der Waals surface area contributed by atoms with Crippen LogP contribution in [-0.2, 0) is 33.5 Å². The highest BCUT2D eigenvalue weighted by Crippen LogP contribution is 2.19. The van der Waals surface area contributed by atoms with E-state index in [1.807, 2.05) is 0 Å². The van der Waals surface area contributed by atoms with Crippen molar-refractivity contribution in [1.82, 2.24) is 15.0 Å². The molecule has 3 unspecified atom stereocenters. The summed E-state index contributed by atoms with van der Waals surface area (Å²) in [5.74, 6) is 2.88. The van der Waals surface area contributed by atoms with Gasteiger partial charge in [0.05, 0.1) is 38.1 Å². The van der Waals surface area contributed by atoms with Gasteiger partial charge in [0.2, 0.25) is 0 Å². The molecule has 0 saturated carbocycles. The Morgan fingerprint density at radius 1 is 0.583 bits per heavy atom. The molecule has 3 fully saturated rings. The van der Waals surface area contributed by atoms with Gasteiger partial charge in [-0.15, -0.1) is 0 Å². The van der Waals surface area contributed by atoms with E-state index in [2.05, 4.69) is 0 Å². The van der Waals surface area contributed by atoms with Crippen LogP contribution in [0.25, 0.3) is 0 Å². The smallest absolute Gasteiger partial charge is 0.132 e. The Hall–Kier alpha value is -1.11. The SMILES string of the molecule is C(Cc1nc(CCCC2CO2)nc(CCCC2CO2)n1)CC1CO1. The molecule has 0 bridgehead atoms. The number of epoxide rings is 3. The van der Waals surface area contributed by atoms with Gasteiger partial charge in [0.15, 0.2) is 0 Å². The van der Waals surface area contributed by atoms with Crippen molar-refractivity contribution >= 4 is 0 Å². The lowest BCUT2D eigenvalue weighted by atomic mass is 10.1. The zero-order valence-electron chi connectivity index (χ0n) is 14.3. The van der Waals surface area contributed by atoms with Gasteiger partial charge < -0.3 is 14.2 Å². The standard InChI is InChI=1S/C18H27N3O3/c1(4-13-10-22-13)7-16-19-17(8-2-5-14-11-23-14)21-18(20-16)9-3-6-15-12-24-15/h13-15H,1-12H2. The molecule has 3 aliphatic rings. The minimum Gasteiger partial charge on any atom is -0.373 e. The van der Waals surface area contributed by atoms with Crippen molar-refractivity contribution in [2.75, 3.05) is 19.8 Å². The molecule has 1 aromatic heterocycles. The summed E-state index contributed by atoms with van der Waals surface area (Å²) < 4.78 is 15.8. The van der Waals surface area contributed by atoms with Crippen LogP contribution in [0.15, 0.2) is 0 Å². The normalized spacial score (nSPS) is 27.2. The molecule has 3 aliphatic heterocycles. The van der Waals surface area contributed by atoms with Gasteiger partial charge in [-0.05, 0) is 38.5 Å². The summed E-state index contributed by atoms with van der Waals surface area (Å²) in [6, 6.07) is 0. The van der Waals surface area contributed by atoms with E-state index in [1.165, 1.54) is 0 Å². The lowest BCUT2D eigenvalue weighted by Gasteiger charge is -2.07. The van der Waals surface area contributed by atoms with Crippen LogP contribution >= 0.6 is 0 Å². The monoisotopic (exact) mass is 333 g/mol. The van der Waals surface area contributed by atoms with E-state index >= 15 is 0 Å². The molecule has 6 nitrogen and oxygen atoms in total. The lowest BCUT2D eigenvalue weighted by Crippen LogP contribution is -2.09. The summed E-state index contributed by atoms with van der Waals surface area (Å²) >= 11 is 0. The summed E-state index contributed by atoms with van der Waals surface area (Å²) in [6.07, 6.45) is 10.9. The Labute approximate surface area is 143 Å². The first kappa shape index (κ1) is 16.4. The van der Waals surface area contributed by atoms with E-state index in [4.69, 9.17) is 29.2 Å². The summed E-state index contributed by atoms with van der Waals surface area (Å²) in [4.78, 5) is 14.1. The van der Waals surface area contributed by atoms with E-state index in [0.29, 0.717) is 18.3 Å². The number of aryl methyl sites for hydroxylation is 3. The molecule has 0 spiro atoms. The minimum atomic E-state index is 0.489. The van der Waals surface area contributed by atoms with Gasteiger partial charge in [0.25, 0.3) is 0 Å². The summed E-state index contributed by atoms with van der Waals surface area (Å²) in [6.45, 7) is 2.79. The second-order valence-electron chi connectivity index (χ2n) is 7.13. The van der Waals surface area contributed by atoms with E-state index in [0.717, 1.165) is 95.1 Å². The van der Waals surface area contributed by atoms with Crippen molar-refractivity contribution in [3.8, 4) is 0 Å². The fourth-order valence-corrected chi connectivity index (χ4v) is 3.02. The van der Waals surface area contributed by atoms with E-state index in [-0.39, 0.29) is 0 Å². The number of hydrogen-bond acceptors (Lipinski definition) is 6. The highest BCUT2D eigenvalue weighted by molar-refractivity contribution is 4.99. The number of hydrogen-bond donors (Lipinski definition) is 0. The average molecular weight is 333 g/mol. The van der Waals surface area contributed by atoms with E-state index in [9.17, 15) is 0 Å². The minimum absolute atomic E-state index is 0.489. The van der Waals surface area contributed by atoms with Crippen LogP contribution in [0, 0.1) is 0 Å². The Morgan fingerprint density at radius 2 is 0.875 bits per heavy atom. The van der Waals surface area contributed by atoms with Gasteiger partial charge in [0.1, 0.15) is 17.5 Å². The van der Waals surface area contributed by atoms with Crippen LogP contribution in [-0.4, -0.2) is 53.1 Å². The third kappa shape index (κ3) is 5.76. The molecule has 0 aromatic carbocycles. The van der Waals surface area contributed by atoms with Crippen molar-refractivity contribution in [2.45, 2.75) is 76.1 Å². The number of aromatic nitrogens is 3. The average Bonchev–Trinajstić information content (AvgIpc) is 3.42. The lowest BCUT2D eigenvalue weighted by molar-refractivity contribution is 0.389. The van der Waals surface area contributed by atoms with Crippen LogP contribution in [0.1, 0.15) is 56.0 Å². The number of nitrogens with zero attached hydrogens (tertiary/aromatic N) is 3. The van der Waals surface area contributed by atoms with Crippen LogP contribution < -0.4 is 0 Å². The maximum Gasteiger partial charge on any atom is 0.132 e. The van der Waals surface area contributed by atoms with E-state index in [1.54, 1.807) is 0 Å². The molecule has 1 aromatic rings. The van der Waals surface area contributed by atoms with Crippen LogP contribution in [0.5, 0.6) is 0 Å². The van der Waals surface area contributed by atoms with Crippen LogP contribution in [0.4, 0.5) is 0 Å². The van der Waals surface area contributed by atoms with Gasteiger partial charge in [0, 0.05) is 19.3 Å². The predicted molar refractivity (Wildman–Crippen MR) is 87.9 cm³/mol. The fraction of sp³-hybridized carbons (Fsp3) is 0.833. The quantitative estimate of drug-likeness (QED) is 0.545. The number of rotatable bonds is 12. The first-order valence-corrected chi connectivity index (χ1v) is 9.42. The fourth-order valence-electron chi connectivity index (χ4n) is 3.02. The van der Waals surface area contributed by atoms with Crippen molar-refractivity contribution in [3.05, 3.63) is 17.5 Å². The van der Waals surface area contributed by atoms with Gasteiger partial charge in [-0.1, -0.05) is 0 Å². The number of ether oxygens (including phenoxy) is 3. The van der Waals surface area contributed by atoms with Gasteiger partial charge in [-0.25, -0.2) is 15.0 Å². The maximum atomic E-state index is 5.28. The zero-order chi connectivity index (χ0) is 16.2. The molecular formula is C18H27N3O3. The highest BCUT2D eigenvalue weighted by Gasteiger charge is 2.23. The van der Waals surface area contributed by atoms with Gasteiger partial charge in [-0.3, -0.25) is 0 Å². The highest BCUT2D eigenvalue weighted by atomic mass is 16.6. The molecule has 4 rings (SSSR count). The zero-order valence-corrected chi connectivity index (χ0v) is 14.3. The maximum absolute atomic E-state index is 5.28. The molecule has 6 heteroatoms. The Balaban J connectivity index is 1.31. The van der Waals surface area contributed by atoms with Crippen molar-refractivity contribution in [1.29, 1.82) is 0 Å². The first-order valence-electron chi connectivity index (χ1n) is 9.42. The van der Waals surface area contributed by atoms with Crippen molar-refractivity contribution < 1.29 is 14.2 Å². The summed E-state index contributed by atoms with van der Waals surface area (Å²) in [5.41, 5.74) is 0. The molecule has 4 heterocycles. The molecule has 0 N–H and O–H groups in total. The van der Waals surface area contributed by atoms with Crippen LogP contribution in [0.3, 0.4) is 0 Å². The van der Waals surface area contributed by atoms with Gasteiger partial charge in [-0.2, -0.15) is 0 Å². The molecule has 0 amide bonds. The van der Waals surface area contributed by atoms with Crippen molar-refractivity contribution in [2.24, 2.45) is 0 Å². The molecule has 3 atom stereocenters. The third-order valence-electron chi connectivity index (χ3n) is 4.76. The molecular weight excluding hydrogens is 306 g/mol. The molecule has 132 valence electrons. The molecule has 3 saturated heterocycles. The topological polar surface area (TPSA) is 76.3 Å². The Morgan fingerprint density at radius 3 is 1.12 bits per heavy atom. The van der Waals surface area contributed by atoms with Crippen LogP contribution in [0.2, 0.25) is 0 Å². The largest absolute Gasteiger partial charge is 0.373 e. The molecule has 0 aliphatic carbocycles. The molecule has 24 heavy (non-hydrogen) atoms. The summed E-state index contributed by atoms with van der Waals surface area (Å²) in [7, 11) is 0. The van der Waals surface area contributed by atoms with Gasteiger partial charge >= 0.3 is 0 Å². The second-order valence-corrected chi connectivity index (χ2v) is 7.13. The molecule has 0 radical (unpaired) electrons. The summed E-state index contributed by atoms with van der Waals surface area (Å²) in [5, 5.41) is 0. The van der Waals surface area contributed by atoms with Crippen molar-refractivity contribution in [3.63, 3.8) is 0 Å². The predicted octanol–water partition coefficient (Wildman–Crippen LogP) is 2.04. The second kappa shape index (κ2) is 7.85. The Kier molecular flexibility index (Phi) is 5.35. The Bertz CT molecular complexity index is 454. The first-order chi connectivity index (χ1) is 11.8. The van der Waals surface area contributed by atoms with E-state index < -0.39 is 0 Å².